The third-order valence-corrected chi connectivity index (χ3v) is 3.30. The Kier molecular flexibility index (Phi) is 4.45. The van der Waals surface area contributed by atoms with Crippen LogP contribution in [-0.2, 0) is 0 Å². The fourth-order valence-electron chi connectivity index (χ4n) is 2.50. The average Bonchev–Trinajstić information content (AvgIpc) is 2.37. The number of nitrogens with two attached hydrogens (primary N) is 1. The Labute approximate surface area is 120 Å². The second-order valence-corrected chi connectivity index (χ2v) is 6.03. The predicted molar refractivity (Wildman–Crippen MR) is 85.0 cm³/mol. The maximum atomic E-state index is 8.90. The summed E-state index contributed by atoms with van der Waals surface area (Å²) >= 11 is 0. The monoisotopic (exact) mass is 273 g/mol. The van der Waals surface area contributed by atoms with Crippen molar-refractivity contribution in [2.45, 2.75) is 26.7 Å². The van der Waals surface area contributed by atoms with Crippen LogP contribution in [0.4, 0.5) is 11.4 Å². The number of aliphatic hydroxyl groups is 1. The molecule has 4 N–H and O–H groups in total. The third kappa shape index (κ3) is 4.10. The minimum absolute atomic E-state index is 0.0957. The molecule has 0 amide bonds. The van der Waals surface area contributed by atoms with Crippen molar-refractivity contribution in [3.8, 4) is 0 Å². The second kappa shape index (κ2) is 6.09. The number of rotatable bonds is 4. The van der Waals surface area contributed by atoms with Crippen LogP contribution in [-0.4, -0.2) is 24.0 Å². The van der Waals surface area contributed by atoms with Gasteiger partial charge in [-0.05, 0) is 48.6 Å². The Hall–Kier alpha value is -1.81. The summed E-state index contributed by atoms with van der Waals surface area (Å²) in [5.41, 5.74) is 9.87. The molecule has 4 heteroatoms. The molecule has 1 aliphatic rings. The van der Waals surface area contributed by atoms with E-state index in [-0.39, 0.29) is 12.0 Å². The fraction of sp³-hybridized carbons (Fsp3) is 0.438. The van der Waals surface area contributed by atoms with Gasteiger partial charge in [-0.3, -0.25) is 4.99 Å². The van der Waals surface area contributed by atoms with Crippen LogP contribution in [0.5, 0.6) is 0 Å². The highest BCUT2D eigenvalue weighted by molar-refractivity contribution is 5.97. The van der Waals surface area contributed by atoms with Gasteiger partial charge in [-0.15, -0.1) is 0 Å². The van der Waals surface area contributed by atoms with Gasteiger partial charge in [-0.25, -0.2) is 0 Å². The molecule has 0 heterocycles. The number of benzene rings is 1. The number of aliphatic imine (C=N–C) groups is 1. The van der Waals surface area contributed by atoms with Gasteiger partial charge in [0.2, 0.25) is 0 Å². The summed E-state index contributed by atoms with van der Waals surface area (Å²) in [4.78, 5) is 4.43. The van der Waals surface area contributed by atoms with Crippen LogP contribution in [0.1, 0.15) is 26.7 Å². The largest absolute Gasteiger partial charge is 0.399 e. The smallest absolute Gasteiger partial charge is 0.0627 e. The van der Waals surface area contributed by atoms with Crippen molar-refractivity contribution in [3.05, 3.63) is 36.0 Å². The van der Waals surface area contributed by atoms with Crippen molar-refractivity contribution in [3.63, 3.8) is 0 Å². The highest BCUT2D eigenvalue weighted by Crippen LogP contribution is 2.34. The third-order valence-electron chi connectivity index (χ3n) is 3.30. The zero-order chi connectivity index (χ0) is 14.6. The lowest BCUT2D eigenvalue weighted by Crippen LogP contribution is -2.25. The summed E-state index contributed by atoms with van der Waals surface area (Å²) in [5, 5.41) is 12.3. The molecule has 2 rings (SSSR count). The van der Waals surface area contributed by atoms with Crippen LogP contribution in [0.3, 0.4) is 0 Å². The number of nitrogens with zero attached hydrogens (tertiary/aromatic N) is 1. The molecule has 0 spiro atoms. The van der Waals surface area contributed by atoms with E-state index < -0.39 is 0 Å². The minimum atomic E-state index is 0.0957. The van der Waals surface area contributed by atoms with Crippen molar-refractivity contribution in [1.82, 2.24) is 0 Å². The van der Waals surface area contributed by atoms with E-state index in [9.17, 15) is 0 Å². The summed E-state index contributed by atoms with van der Waals surface area (Å²) in [6, 6.07) is 7.72. The molecule has 0 radical (unpaired) electrons. The summed E-state index contributed by atoms with van der Waals surface area (Å²) in [7, 11) is 0. The first-order valence-corrected chi connectivity index (χ1v) is 6.96. The maximum absolute atomic E-state index is 8.90. The van der Waals surface area contributed by atoms with E-state index in [1.807, 2.05) is 24.3 Å². The lowest BCUT2D eigenvalue weighted by atomic mass is 9.78. The number of aliphatic hydroxyl groups excluding tert-OH is 1. The average molecular weight is 273 g/mol. The molecule has 4 nitrogen and oxygen atoms in total. The van der Waals surface area contributed by atoms with Gasteiger partial charge in [0.25, 0.3) is 0 Å². The number of hydrogen-bond donors (Lipinski definition) is 3. The summed E-state index contributed by atoms with van der Waals surface area (Å²) in [5.74, 6) is 0. The van der Waals surface area contributed by atoms with Crippen LogP contribution in [0.25, 0.3) is 0 Å². The van der Waals surface area contributed by atoms with Crippen LogP contribution < -0.4 is 11.1 Å². The van der Waals surface area contributed by atoms with Gasteiger partial charge in [0.15, 0.2) is 0 Å². The van der Waals surface area contributed by atoms with Gasteiger partial charge in [0.1, 0.15) is 0 Å². The van der Waals surface area contributed by atoms with Gasteiger partial charge in [0, 0.05) is 22.8 Å². The van der Waals surface area contributed by atoms with Crippen LogP contribution >= 0.6 is 0 Å². The molecule has 1 aromatic rings. The van der Waals surface area contributed by atoms with E-state index in [4.69, 9.17) is 10.8 Å². The molecular formula is C16H23N3O. The second-order valence-electron chi connectivity index (χ2n) is 6.03. The standard InChI is InChI=1S/C16H23N3O/c1-16(2)10-14(18-7-8-20)9-15(11-16)19-13-5-3-12(17)4-6-13/h3-6,9,19-20H,7-8,10-11,17H2,1-2H3. The van der Waals surface area contributed by atoms with Gasteiger partial charge >= 0.3 is 0 Å². The highest BCUT2D eigenvalue weighted by Gasteiger charge is 2.26. The molecule has 0 saturated heterocycles. The first-order chi connectivity index (χ1) is 9.48. The number of nitrogens with one attached hydrogen (secondary N) is 1. The quantitative estimate of drug-likeness (QED) is 0.739. The van der Waals surface area contributed by atoms with Crippen molar-refractivity contribution in [2.75, 3.05) is 24.2 Å². The van der Waals surface area contributed by atoms with E-state index in [1.165, 1.54) is 0 Å². The molecule has 0 saturated carbocycles. The molecule has 1 aromatic carbocycles. The molecule has 108 valence electrons. The van der Waals surface area contributed by atoms with Gasteiger partial charge in [0.05, 0.1) is 13.2 Å². The zero-order valence-electron chi connectivity index (χ0n) is 12.2. The number of anilines is 2. The Morgan fingerprint density at radius 1 is 1.25 bits per heavy atom. The summed E-state index contributed by atoms with van der Waals surface area (Å²) in [6.07, 6.45) is 4.02. The molecular weight excluding hydrogens is 250 g/mol. The predicted octanol–water partition coefficient (Wildman–Crippen LogP) is 2.82. The lowest BCUT2D eigenvalue weighted by Gasteiger charge is -2.31. The Balaban J connectivity index is 2.16. The van der Waals surface area contributed by atoms with Gasteiger partial charge < -0.3 is 16.2 Å². The lowest BCUT2D eigenvalue weighted by molar-refractivity contribution is 0.306. The zero-order valence-corrected chi connectivity index (χ0v) is 12.2. The molecule has 20 heavy (non-hydrogen) atoms. The van der Waals surface area contributed by atoms with Crippen molar-refractivity contribution in [1.29, 1.82) is 0 Å². The molecule has 0 atom stereocenters. The molecule has 0 aliphatic heterocycles. The molecule has 1 aliphatic carbocycles. The van der Waals surface area contributed by atoms with Crippen molar-refractivity contribution < 1.29 is 5.11 Å². The molecule has 0 bridgehead atoms. The summed E-state index contributed by atoms with van der Waals surface area (Å²) in [6.45, 7) is 5.04. The molecule has 0 aromatic heterocycles. The van der Waals surface area contributed by atoms with E-state index in [0.717, 1.165) is 35.6 Å². The fourth-order valence-corrected chi connectivity index (χ4v) is 2.50. The number of hydrogen-bond acceptors (Lipinski definition) is 4. The highest BCUT2D eigenvalue weighted by atomic mass is 16.3. The Morgan fingerprint density at radius 2 is 1.95 bits per heavy atom. The first kappa shape index (κ1) is 14.6. The van der Waals surface area contributed by atoms with Gasteiger partial charge in [-0.2, -0.15) is 0 Å². The first-order valence-electron chi connectivity index (χ1n) is 6.96. The molecule has 0 fully saturated rings. The topological polar surface area (TPSA) is 70.6 Å². The van der Waals surface area contributed by atoms with Gasteiger partial charge in [-0.1, -0.05) is 13.8 Å². The summed E-state index contributed by atoms with van der Waals surface area (Å²) < 4.78 is 0. The van der Waals surface area contributed by atoms with Crippen molar-refractivity contribution >= 4 is 17.1 Å². The Morgan fingerprint density at radius 3 is 2.60 bits per heavy atom. The van der Waals surface area contributed by atoms with Crippen LogP contribution in [0, 0.1) is 5.41 Å². The number of allylic oxidation sites excluding steroid dienone is 2. The normalized spacial score (nSPS) is 19.8. The molecule has 0 unspecified atom stereocenters. The minimum Gasteiger partial charge on any atom is -0.399 e. The number of nitrogen functional groups attached to an aromatic ring is 1. The van der Waals surface area contributed by atoms with Crippen LogP contribution in [0.2, 0.25) is 0 Å². The van der Waals surface area contributed by atoms with E-state index in [1.54, 1.807) is 0 Å². The van der Waals surface area contributed by atoms with E-state index in [0.29, 0.717) is 6.54 Å². The van der Waals surface area contributed by atoms with E-state index in [2.05, 4.69) is 30.2 Å². The van der Waals surface area contributed by atoms with E-state index >= 15 is 0 Å². The van der Waals surface area contributed by atoms with Crippen LogP contribution in [0.15, 0.2) is 41.0 Å². The Bertz CT molecular complexity index is 515. The SMILES string of the molecule is CC1(C)CC(Nc2ccc(N)cc2)=CC(=NCCO)C1. The maximum Gasteiger partial charge on any atom is 0.0627 e. The van der Waals surface area contributed by atoms with Crippen molar-refractivity contribution in [2.24, 2.45) is 10.4 Å².